The van der Waals surface area contributed by atoms with Gasteiger partial charge in [0.1, 0.15) is 5.82 Å². The van der Waals surface area contributed by atoms with Crippen LogP contribution in [0, 0.1) is 0 Å². The normalized spacial score (nSPS) is 10.7. The molecule has 3 aromatic rings. The molecule has 2 heterocycles. The molecule has 0 aliphatic rings. The van der Waals surface area contributed by atoms with Crippen LogP contribution in [0.15, 0.2) is 42.6 Å². The van der Waals surface area contributed by atoms with Crippen molar-refractivity contribution < 1.29 is 9.90 Å². The summed E-state index contributed by atoms with van der Waals surface area (Å²) >= 11 is 0. The van der Waals surface area contributed by atoms with Gasteiger partial charge >= 0.3 is 5.97 Å². The molecule has 18 heavy (non-hydrogen) atoms. The van der Waals surface area contributed by atoms with Crippen LogP contribution in [0.25, 0.3) is 22.6 Å². The van der Waals surface area contributed by atoms with Gasteiger partial charge in [-0.1, -0.05) is 30.3 Å². The van der Waals surface area contributed by atoms with Crippen LogP contribution in [0.5, 0.6) is 0 Å². The Kier molecular flexibility index (Phi) is 2.30. The number of carboxylic acid groups (broad SMARTS) is 1. The third kappa shape index (κ3) is 1.71. The Labute approximate surface area is 102 Å². The molecular weight excluding hydrogens is 230 g/mol. The van der Waals surface area contributed by atoms with Crippen molar-refractivity contribution in [3.05, 3.63) is 48.2 Å². The second-order valence-corrected chi connectivity index (χ2v) is 3.85. The maximum atomic E-state index is 10.8. The third-order valence-corrected chi connectivity index (χ3v) is 2.63. The molecule has 0 fully saturated rings. The summed E-state index contributed by atoms with van der Waals surface area (Å²) < 4.78 is 0. The molecule has 0 radical (unpaired) electrons. The van der Waals surface area contributed by atoms with Crippen molar-refractivity contribution in [2.24, 2.45) is 0 Å². The van der Waals surface area contributed by atoms with Crippen molar-refractivity contribution >= 4 is 17.1 Å². The van der Waals surface area contributed by atoms with Crippen molar-refractivity contribution in [2.45, 2.75) is 0 Å². The number of imidazole rings is 1. The van der Waals surface area contributed by atoms with E-state index in [1.54, 1.807) is 0 Å². The van der Waals surface area contributed by atoms with Gasteiger partial charge in [0, 0.05) is 11.8 Å². The first-order valence-corrected chi connectivity index (χ1v) is 5.38. The van der Waals surface area contributed by atoms with Gasteiger partial charge in [-0.3, -0.25) is 0 Å². The lowest BCUT2D eigenvalue weighted by Crippen LogP contribution is -1.96. The molecule has 1 aromatic carbocycles. The number of carbonyl (C=O) groups is 1. The molecule has 3 rings (SSSR count). The highest BCUT2D eigenvalue weighted by molar-refractivity contribution is 5.91. The molecule has 0 bridgehead atoms. The fraction of sp³-hybridized carbons (Fsp3) is 0. The SMILES string of the molecule is O=C(O)c1cnc2nc(-c3ccccc3)[nH]c2c1. The van der Waals surface area contributed by atoms with Crippen molar-refractivity contribution in [2.75, 3.05) is 0 Å². The number of fused-ring (bicyclic) bond motifs is 1. The zero-order chi connectivity index (χ0) is 12.5. The number of carboxylic acids is 1. The number of aromatic carboxylic acids is 1. The molecule has 0 amide bonds. The van der Waals surface area contributed by atoms with Crippen molar-refractivity contribution in [3.63, 3.8) is 0 Å². The monoisotopic (exact) mass is 239 g/mol. The number of nitrogens with zero attached hydrogens (tertiary/aromatic N) is 2. The largest absolute Gasteiger partial charge is 0.478 e. The van der Waals surface area contributed by atoms with E-state index in [2.05, 4.69) is 15.0 Å². The first-order chi connectivity index (χ1) is 8.74. The van der Waals surface area contributed by atoms with Crippen LogP contribution in [0.4, 0.5) is 0 Å². The van der Waals surface area contributed by atoms with Crippen LogP contribution in [-0.4, -0.2) is 26.0 Å². The number of aromatic nitrogens is 3. The van der Waals surface area contributed by atoms with Crippen LogP contribution in [-0.2, 0) is 0 Å². The number of aromatic amines is 1. The van der Waals surface area contributed by atoms with E-state index in [4.69, 9.17) is 5.11 Å². The number of H-pyrrole nitrogens is 1. The summed E-state index contributed by atoms with van der Waals surface area (Å²) in [5, 5.41) is 8.89. The Morgan fingerprint density at radius 3 is 2.72 bits per heavy atom. The standard InChI is InChI=1S/C13H9N3O2/c17-13(18)9-6-10-12(14-7-9)16-11(15-10)8-4-2-1-3-5-8/h1-7H,(H,17,18)(H,14,15,16). The summed E-state index contributed by atoms with van der Waals surface area (Å²) in [7, 11) is 0. The lowest BCUT2D eigenvalue weighted by atomic mass is 10.2. The average molecular weight is 239 g/mol. The van der Waals surface area contributed by atoms with Crippen LogP contribution >= 0.6 is 0 Å². The van der Waals surface area contributed by atoms with Gasteiger partial charge in [0.25, 0.3) is 0 Å². The second-order valence-electron chi connectivity index (χ2n) is 3.85. The van der Waals surface area contributed by atoms with E-state index in [0.717, 1.165) is 5.56 Å². The topological polar surface area (TPSA) is 78.9 Å². The Balaban J connectivity index is 2.14. The van der Waals surface area contributed by atoms with Crippen LogP contribution in [0.1, 0.15) is 10.4 Å². The highest BCUT2D eigenvalue weighted by atomic mass is 16.4. The van der Waals surface area contributed by atoms with Gasteiger partial charge in [-0.25, -0.2) is 14.8 Å². The molecule has 88 valence electrons. The number of hydrogen-bond donors (Lipinski definition) is 2. The van der Waals surface area contributed by atoms with Gasteiger partial charge in [0.2, 0.25) is 0 Å². The smallest absolute Gasteiger partial charge is 0.337 e. The fourth-order valence-electron chi connectivity index (χ4n) is 1.75. The second kappa shape index (κ2) is 3.96. The molecule has 0 aliphatic heterocycles. The zero-order valence-corrected chi connectivity index (χ0v) is 9.29. The molecule has 0 spiro atoms. The van der Waals surface area contributed by atoms with Gasteiger partial charge in [-0.2, -0.15) is 0 Å². The minimum Gasteiger partial charge on any atom is -0.478 e. The molecule has 2 N–H and O–H groups in total. The number of benzene rings is 1. The Bertz CT molecular complexity index is 719. The molecular formula is C13H9N3O2. The Hall–Kier alpha value is -2.69. The van der Waals surface area contributed by atoms with Crippen LogP contribution < -0.4 is 0 Å². The van der Waals surface area contributed by atoms with E-state index in [1.807, 2.05) is 30.3 Å². The first-order valence-electron chi connectivity index (χ1n) is 5.38. The number of hydrogen-bond acceptors (Lipinski definition) is 3. The lowest BCUT2D eigenvalue weighted by molar-refractivity contribution is 0.0696. The highest BCUT2D eigenvalue weighted by Gasteiger charge is 2.09. The number of rotatable bonds is 2. The number of nitrogens with one attached hydrogen (secondary N) is 1. The molecule has 0 saturated heterocycles. The van der Waals surface area contributed by atoms with E-state index in [1.165, 1.54) is 12.3 Å². The Morgan fingerprint density at radius 2 is 2.00 bits per heavy atom. The van der Waals surface area contributed by atoms with Crippen LogP contribution in [0.2, 0.25) is 0 Å². The highest BCUT2D eigenvalue weighted by Crippen LogP contribution is 2.19. The Morgan fingerprint density at radius 1 is 1.22 bits per heavy atom. The maximum absolute atomic E-state index is 10.8. The molecule has 0 saturated carbocycles. The molecule has 0 atom stereocenters. The summed E-state index contributed by atoms with van der Waals surface area (Å²) in [6.07, 6.45) is 1.31. The summed E-state index contributed by atoms with van der Waals surface area (Å²) in [4.78, 5) is 22.3. The molecule has 0 aliphatic carbocycles. The van der Waals surface area contributed by atoms with E-state index in [-0.39, 0.29) is 5.56 Å². The summed E-state index contributed by atoms with van der Waals surface area (Å²) in [5.74, 6) is -0.319. The van der Waals surface area contributed by atoms with E-state index in [0.29, 0.717) is 17.0 Å². The van der Waals surface area contributed by atoms with E-state index in [9.17, 15) is 4.79 Å². The molecule has 5 heteroatoms. The van der Waals surface area contributed by atoms with Gasteiger partial charge in [0.15, 0.2) is 5.65 Å². The molecule has 5 nitrogen and oxygen atoms in total. The minimum absolute atomic E-state index is 0.144. The van der Waals surface area contributed by atoms with Crippen molar-refractivity contribution in [3.8, 4) is 11.4 Å². The summed E-state index contributed by atoms with van der Waals surface area (Å²) in [5.41, 5.74) is 2.21. The van der Waals surface area contributed by atoms with Gasteiger partial charge in [-0.05, 0) is 6.07 Å². The molecule has 0 unspecified atom stereocenters. The predicted octanol–water partition coefficient (Wildman–Crippen LogP) is 2.32. The lowest BCUT2D eigenvalue weighted by Gasteiger charge is -1.93. The van der Waals surface area contributed by atoms with Crippen molar-refractivity contribution in [1.29, 1.82) is 0 Å². The van der Waals surface area contributed by atoms with Crippen LogP contribution in [0.3, 0.4) is 0 Å². The predicted molar refractivity (Wildman–Crippen MR) is 66.3 cm³/mol. The zero-order valence-electron chi connectivity index (χ0n) is 9.29. The van der Waals surface area contributed by atoms with Gasteiger partial charge in [0.05, 0.1) is 11.1 Å². The third-order valence-electron chi connectivity index (χ3n) is 2.63. The van der Waals surface area contributed by atoms with E-state index < -0.39 is 5.97 Å². The number of pyridine rings is 1. The quantitative estimate of drug-likeness (QED) is 0.719. The molecule has 2 aromatic heterocycles. The average Bonchev–Trinajstić information content (AvgIpc) is 2.82. The van der Waals surface area contributed by atoms with E-state index >= 15 is 0 Å². The minimum atomic E-state index is -1.000. The maximum Gasteiger partial charge on any atom is 0.337 e. The fourth-order valence-corrected chi connectivity index (χ4v) is 1.75. The van der Waals surface area contributed by atoms with Crippen molar-refractivity contribution in [1.82, 2.24) is 15.0 Å². The van der Waals surface area contributed by atoms with Gasteiger partial charge < -0.3 is 10.1 Å². The van der Waals surface area contributed by atoms with Gasteiger partial charge in [-0.15, -0.1) is 0 Å². The first kappa shape index (κ1) is 10.5. The summed E-state index contributed by atoms with van der Waals surface area (Å²) in [6.45, 7) is 0. The summed E-state index contributed by atoms with van der Waals surface area (Å²) in [6, 6.07) is 11.1.